The van der Waals surface area contributed by atoms with Crippen molar-refractivity contribution in [3.05, 3.63) is 40.1 Å². The SMILES string of the molecule is CC(=O)OCCc1cc2c([N+](=O)[O-])cccc2o1. The van der Waals surface area contributed by atoms with E-state index in [0.29, 0.717) is 23.2 Å². The number of non-ortho nitro benzene ring substituents is 1. The minimum Gasteiger partial charge on any atom is -0.465 e. The van der Waals surface area contributed by atoms with Crippen LogP contribution in [0.4, 0.5) is 5.69 Å². The van der Waals surface area contributed by atoms with E-state index in [1.54, 1.807) is 18.2 Å². The highest BCUT2D eigenvalue weighted by atomic mass is 16.6. The normalized spacial score (nSPS) is 10.5. The number of hydrogen-bond donors (Lipinski definition) is 0. The van der Waals surface area contributed by atoms with Gasteiger partial charge in [0.15, 0.2) is 0 Å². The molecule has 6 nitrogen and oxygen atoms in total. The second-order valence-electron chi connectivity index (χ2n) is 3.75. The Kier molecular flexibility index (Phi) is 3.27. The molecule has 0 atom stereocenters. The molecule has 0 saturated carbocycles. The number of fused-ring (bicyclic) bond motifs is 1. The van der Waals surface area contributed by atoms with E-state index in [-0.39, 0.29) is 18.3 Å². The average molecular weight is 249 g/mol. The number of ether oxygens (including phenoxy) is 1. The van der Waals surface area contributed by atoms with Crippen LogP contribution in [0.2, 0.25) is 0 Å². The number of carbonyl (C=O) groups is 1. The van der Waals surface area contributed by atoms with E-state index in [1.165, 1.54) is 13.0 Å². The fraction of sp³-hybridized carbons (Fsp3) is 0.250. The first-order valence-electron chi connectivity index (χ1n) is 5.37. The number of furan rings is 1. The Labute approximate surface area is 102 Å². The standard InChI is InChI=1S/C12H11NO5/c1-8(14)17-6-5-9-7-10-11(13(15)16)3-2-4-12(10)18-9/h2-4,7H,5-6H2,1H3. The molecule has 6 heteroatoms. The summed E-state index contributed by atoms with van der Waals surface area (Å²) >= 11 is 0. The molecule has 0 saturated heterocycles. The van der Waals surface area contributed by atoms with Gasteiger partial charge in [-0.1, -0.05) is 6.07 Å². The van der Waals surface area contributed by atoms with Crippen molar-refractivity contribution >= 4 is 22.6 Å². The van der Waals surface area contributed by atoms with E-state index < -0.39 is 4.92 Å². The predicted molar refractivity (Wildman–Crippen MR) is 63.2 cm³/mol. The fourth-order valence-electron chi connectivity index (χ4n) is 1.68. The van der Waals surface area contributed by atoms with Gasteiger partial charge in [0, 0.05) is 19.4 Å². The van der Waals surface area contributed by atoms with E-state index >= 15 is 0 Å². The Morgan fingerprint density at radius 1 is 1.50 bits per heavy atom. The minimum absolute atomic E-state index is 0.00925. The maximum Gasteiger partial charge on any atom is 0.302 e. The van der Waals surface area contributed by atoms with Crippen molar-refractivity contribution in [3.8, 4) is 0 Å². The Morgan fingerprint density at radius 2 is 2.28 bits per heavy atom. The van der Waals surface area contributed by atoms with E-state index in [2.05, 4.69) is 0 Å². The minimum atomic E-state index is -0.451. The van der Waals surface area contributed by atoms with Crippen LogP contribution in [0.15, 0.2) is 28.7 Å². The Morgan fingerprint density at radius 3 is 2.94 bits per heavy atom. The van der Waals surface area contributed by atoms with Crippen molar-refractivity contribution in [1.82, 2.24) is 0 Å². The third kappa shape index (κ3) is 2.48. The zero-order valence-electron chi connectivity index (χ0n) is 9.71. The quantitative estimate of drug-likeness (QED) is 0.472. The van der Waals surface area contributed by atoms with Gasteiger partial charge in [0.25, 0.3) is 5.69 Å². The highest BCUT2D eigenvalue weighted by Crippen LogP contribution is 2.28. The first kappa shape index (κ1) is 12.1. The van der Waals surface area contributed by atoms with Crippen molar-refractivity contribution in [2.75, 3.05) is 6.61 Å². The summed E-state index contributed by atoms with van der Waals surface area (Å²) in [5.74, 6) is 0.192. The van der Waals surface area contributed by atoms with Gasteiger partial charge in [-0.05, 0) is 12.1 Å². The van der Waals surface area contributed by atoms with Gasteiger partial charge in [0.2, 0.25) is 0 Å². The molecule has 2 rings (SSSR count). The fourth-order valence-corrected chi connectivity index (χ4v) is 1.68. The van der Waals surface area contributed by atoms with E-state index in [0.717, 1.165) is 0 Å². The first-order chi connectivity index (χ1) is 8.58. The highest BCUT2D eigenvalue weighted by Gasteiger charge is 2.15. The Balaban J connectivity index is 2.24. The van der Waals surface area contributed by atoms with Crippen LogP contribution in [-0.2, 0) is 16.0 Å². The van der Waals surface area contributed by atoms with E-state index in [9.17, 15) is 14.9 Å². The number of carbonyl (C=O) groups excluding carboxylic acids is 1. The molecule has 0 fully saturated rings. The Hall–Kier alpha value is -2.37. The summed E-state index contributed by atoms with van der Waals surface area (Å²) in [6.07, 6.45) is 0.394. The second kappa shape index (κ2) is 4.87. The van der Waals surface area contributed by atoms with Gasteiger partial charge in [-0.2, -0.15) is 0 Å². The molecule has 0 amide bonds. The molecule has 0 spiro atoms. The molecule has 0 bridgehead atoms. The number of benzene rings is 1. The van der Waals surface area contributed by atoms with Gasteiger partial charge >= 0.3 is 5.97 Å². The van der Waals surface area contributed by atoms with Crippen LogP contribution in [0, 0.1) is 10.1 Å². The molecule has 0 radical (unpaired) electrons. The summed E-state index contributed by atoms with van der Waals surface area (Å²) in [7, 11) is 0. The van der Waals surface area contributed by atoms with Crippen LogP contribution < -0.4 is 0 Å². The molecule has 1 aromatic heterocycles. The van der Waals surface area contributed by atoms with Crippen LogP contribution in [0.1, 0.15) is 12.7 Å². The number of hydrogen-bond acceptors (Lipinski definition) is 5. The first-order valence-corrected chi connectivity index (χ1v) is 5.37. The summed E-state index contributed by atoms with van der Waals surface area (Å²) in [6.45, 7) is 1.52. The van der Waals surface area contributed by atoms with Gasteiger partial charge in [-0.15, -0.1) is 0 Å². The van der Waals surface area contributed by atoms with Gasteiger partial charge in [0.1, 0.15) is 11.3 Å². The zero-order chi connectivity index (χ0) is 13.1. The molecule has 18 heavy (non-hydrogen) atoms. The van der Waals surface area contributed by atoms with Crippen LogP contribution >= 0.6 is 0 Å². The summed E-state index contributed by atoms with van der Waals surface area (Å²) < 4.78 is 10.2. The molecular formula is C12H11NO5. The topological polar surface area (TPSA) is 82.6 Å². The maximum absolute atomic E-state index is 10.8. The summed E-state index contributed by atoms with van der Waals surface area (Å²) in [6, 6.07) is 6.27. The van der Waals surface area contributed by atoms with Gasteiger partial charge in [-0.25, -0.2) is 0 Å². The predicted octanol–water partition coefficient (Wildman–Crippen LogP) is 2.45. The number of nitro groups is 1. The van der Waals surface area contributed by atoms with Crippen molar-refractivity contribution in [2.24, 2.45) is 0 Å². The van der Waals surface area contributed by atoms with Crippen molar-refractivity contribution in [2.45, 2.75) is 13.3 Å². The molecule has 94 valence electrons. The lowest BCUT2D eigenvalue weighted by molar-refractivity contribution is -0.383. The molecule has 0 aliphatic carbocycles. The summed E-state index contributed by atoms with van der Waals surface area (Å²) in [5.41, 5.74) is 0.469. The molecule has 0 aliphatic heterocycles. The largest absolute Gasteiger partial charge is 0.465 e. The number of esters is 1. The second-order valence-corrected chi connectivity index (χ2v) is 3.75. The van der Waals surface area contributed by atoms with Crippen molar-refractivity contribution in [3.63, 3.8) is 0 Å². The monoisotopic (exact) mass is 249 g/mol. The smallest absolute Gasteiger partial charge is 0.302 e. The number of nitrogens with zero attached hydrogens (tertiary/aromatic N) is 1. The maximum atomic E-state index is 10.8. The highest BCUT2D eigenvalue weighted by molar-refractivity contribution is 5.87. The lowest BCUT2D eigenvalue weighted by atomic mass is 10.2. The molecule has 1 heterocycles. The van der Waals surface area contributed by atoms with Crippen molar-refractivity contribution < 1.29 is 18.9 Å². The number of nitro benzene ring substituents is 1. The number of rotatable bonds is 4. The third-order valence-corrected chi connectivity index (χ3v) is 2.44. The van der Waals surface area contributed by atoms with E-state index in [4.69, 9.17) is 9.15 Å². The third-order valence-electron chi connectivity index (χ3n) is 2.44. The molecular weight excluding hydrogens is 238 g/mol. The average Bonchev–Trinajstić information content (AvgIpc) is 2.70. The van der Waals surface area contributed by atoms with Crippen LogP contribution in [0.5, 0.6) is 0 Å². The molecule has 1 aromatic carbocycles. The zero-order valence-corrected chi connectivity index (χ0v) is 9.71. The molecule has 2 aromatic rings. The van der Waals surface area contributed by atoms with Crippen LogP contribution in [-0.4, -0.2) is 17.5 Å². The summed E-state index contributed by atoms with van der Waals surface area (Å²) in [5, 5.41) is 11.3. The van der Waals surface area contributed by atoms with Gasteiger partial charge in [0.05, 0.1) is 16.9 Å². The molecule has 0 aliphatic rings. The van der Waals surface area contributed by atoms with E-state index in [1.807, 2.05) is 0 Å². The Bertz CT molecular complexity index is 602. The molecule has 0 N–H and O–H groups in total. The lowest BCUT2D eigenvalue weighted by Gasteiger charge is -1.97. The lowest BCUT2D eigenvalue weighted by Crippen LogP contribution is -2.02. The van der Waals surface area contributed by atoms with Gasteiger partial charge < -0.3 is 9.15 Å². The van der Waals surface area contributed by atoms with Crippen molar-refractivity contribution in [1.29, 1.82) is 0 Å². The van der Waals surface area contributed by atoms with Gasteiger partial charge in [-0.3, -0.25) is 14.9 Å². The summed E-state index contributed by atoms with van der Waals surface area (Å²) in [4.78, 5) is 21.0. The van der Waals surface area contributed by atoms with Crippen LogP contribution in [0.3, 0.4) is 0 Å². The molecule has 0 unspecified atom stereocenters. The van der Waals surface area contributed by atoms with Crippen LogP contribution in [0.25, 0.3) is 11.0 Å².